The van der Waals surface area contributed by atoms with Crippen LogP contribution in [0.25, 0.3) is 0 Å². The number of rotatable bonds is 9. The van der Waals surface area contributed by atoms with Gasteiger partial charge in [-0.15, -0.1) is 0 Å². The zero-order valence-corrected chi connectivity index (χ0v) is 14.0. The molecule has 1 aliphatic rings. The molecule has 1 aliphatic heterocycles. The number of hydrogen-bond acceptors (Lipinski definition) is 3. The van der Waals surface area contributed by atoms with E-state index in [1.807, 2.05) is 25.7 Å². The van der Waals surface area contributed by atoms with Crippen LogP contribution in [-0.4, -0.2) is 41.9 Å². The molecular weight excluding hydrogens is 278 g/mol. The quantitative estimate of drug-likeness (QED) is 0.502. The van der Waals surface area contributed by atoms with Gasteiger partial charge in [0.1, 0.15) is 0 Å². The molecule has 1 heterocycles. The van der Waals surface area contributed by atoms with Crippen LogP contribution in [0, 0.1) is 5.92 Å². The van der Waals surface area contributed by atoms with Gasteiger partial charge in [-0.3, -0.25) is 9.59 Å². The van der Waals surface area contributed by atoms with Crippen LogP contribution in [0.3, 0.4) is 0 Å². The summed E-state index contributed by atoms with van der Waals surface area (Å²) < 4.78 is 0. The number of carbonyl (C=O) groups is 2. The lowest BCUT2D eigenvalue weighted by Crippen LogP contribution is -2.46. The molecule has 0 aromatic rings. The normalized spacial score (nSPS) is 20.2. The predicted molar refractivity (Wildman–Crippen MR) is 89.1 cm³/mol. The second-order valence-electron chi connectivity index (χ2n) is 6.13. The summed E-state index contributed by atoms with van der Waals surface area (Å²) in [5, 5.41) is 2.80. The van der Waals surface area contributed by atoms with E-state index < -0.39 is 0 Å². The highest BCUT2D eigenvalue weighted by Crippen LogP contribution is 2.27. The fraction of sp³-hybridized carbons (Fsp3) is 0.647. The standard InChI is InChI=1S/C17H29N3O2/c1-6-15(20-9-7-8-16(20)22)13(4)17(19-10-21)12(3)11(2)14(5)18/h10-11,14-15,17H,3-4,6-9,18H2,1-2,5H3,(H,19,21). The van der Waals surface area contributed by atoms with Gasteiger partial charge in [-0.25, -0.2) is 0 Å². The van der Waals surface area contributed by atoms with Crippen molar-refractivity contribution in [3.8, 4) is 0 Å². The van der Waals surface area contributed by atoms with Crippen LogP contribution in [-0.2, 0) is 9.59 Å². The van der Waals surface area contributed by atoms with Crippen molar-refractivity contribution in [3.05, 3.63) is 24.3 Å². The molecule has 1 rings (SSSR count). The smallest absolute Gasteiger partial charge is 0.223 e. The third kappa shape index (κ3) is 3.97. The number of carbonyl (C=O) groups excluding carboxylic acids is 2. The largest absolute Gasteiger partial charge is 0.348 e. The predicted octanol–water partition coefficient (Wildman–Crippen LogP) is 1.60. The highest BCUT2D eigenvalue weighted by atomic mass is 16.2. The van der Waals surface area contributed by atoms with Crippen LogP contribution >= 0.6 is 0 Å². The number of hydrogen-bond donors (Lipinski definition) is 2. The second kappa shape index (κ2) is 8.13. The van der Waals surface area contributed by atoms with Crippen molar-refractivity contribution in [1.29, 1.82) is 0 Å². The van der Waals surface area contributed by atoms with E-state index in [1.165, 1.54) is 0 Å². The monoisotopic (exact) mass is 307 g/mol. The Hall–Kier alpha value is -1.62. The number of likely N-dealkylation sites (tertiary alicyclic amines) is 1. The van der Waals surface area contributed by atoms with E-state index >= 15 is 0 Å². The maximum atomic E-state index is 12.0. The lowest BCUT2D eigenvalue weighted by atomic mass is 9.84. The summed E-state index contributed by atoms with van der Waals surface area (Å²) >= 11 is 0. The van der Waals surface area contributed by atoms with Gasteiger partial charge in [0.2, 0.25) is 12.3 Å². The van der Waals surface area contributed by atoms with Crippen LogP contribution in [0.4, 0.5) is 0 Å². The molecule has 0 aromatic carbocycles. The Morgan fingerprint density at radius 3 is 2.45 bits per heavy atom. The van der Waals surface area contributed by atoms with Gasteiger partial charge in [0.15, 0.2) is 0 Å². The first-order valence-corrected chi connectivity index (χ1v) is 7.97. The topological polar surface area (TPSA) is 75.4 Å². The van der Waals surface area contributed by atoms with Crippen molar-refractivity contribution in [2.75, 3.05) is 6.54 Å². The van der Waals surface area contributed by atoms with E-state index in [2.05, 4.69) is 18.5 Å². The van der Waals surface area contributed by atoms with Crippen molar-refractivity contribution >= 4 is 12.3 Å². The fourth-order valence-corrected chi connectivity index (χ4v) is 2.99. The Morgan fingerprint density at radius 1 is 1.41 bits per heavy atom. The van der Waals surface area contributed by atoms with Gasteiger partial charge in [0.25, 0.3) is 0 Å². The van der Waals surface area contributed by atoms with Crippen molar-refractivity contribution in [1.82, 2.24) is 10.2 Å². The Kier molecular flexibility index (Phi) is 6.81. The van der Waals surface area contributed by atoms with Crippen molar-refractivity contribution < 1.29 is 9.59 Å². The van der Waals surface area contributed by atoms with Crippen molar-refractivity contribution in [2.24, 2.45) is 11.7 Å². The van der Waals surface area contributed by atoms with Crippen LogP contribution in [0.2, 0.25) is 0 Å². The van der Waals surface area contributed by atoms with E-state index in [0.717, 1.165) is 30.5 Å². The summed E-state index contributed by atoms with van der Waals surface area (Å²) in [5.74, 6) is 0.199. The van der Waals surface area contributed by atoms with Crippen LogP contribution in [0.1, 0.15) is 40.0 Å². The highest BCUT2D eigenvalue weighted by Gasteiger charge is 2.33. The van der Waals surface area contributed by atoms with Gasteiger partial charge < -0.3 is 16.0 Å². The van der Waals surface area contributed by atoms with E-state index in [4.69, 9.17) is 5.73 Å². The minimum atomic E-state index is -0.364. The van der Waals surface area contributed by atoms with Gasteiger partial charge in [-0.1, -0.05) is 27.0 Å². The molecule has 4 unspecified atom stereocenters. The molecule has 1 saturated heterocycles. The average Bonchev–Trinajstić information content (AvgIpc) is 2.90. The number of amides is 2. The zero-order chi connectivity index (χ0) is 16.9. The molecule has 5 heteroatoms. The first-order chi connectivity index (χ1) is 10.3. The van der Waals surface area contributed by atoms with E-state index in [1.54, 1.807) is 0 Å². The molecule has 5 nitrogen and oxygen atoms in total. The summed E-state index contributed by atoms with van der Waals surface area (Å²) in [6.45, 7) is 15.0. The van der Waals surface area contributed by atoms with Crippen LogP contribution in [0.5, 0.6) is 0 Å². The molecule has 0 spiro atoms. The molecule has 124 valence electrons. The van der Waals surface area contributed by atoms with E-state index in [9.17, 15) is 9.59 Å². The van der Waals surface area contributed by atoms with Crippen molar-refractivity contribution in [3.63, 3.8) is 0 Å². The summed E-state index contributed by atoms with van der Waals surface area (Å²) in [6.07, 6.45) is 2.90. The van der Waals surface area contributed by atoms with Gasteiger partial charge in [0, 0.05) is 19.0 Å². The maximum Gasteiger partial charge on any atom is 0.223 e. The molecule has 4 atom stereocenters. The number of nitrogens with one attached hydrogen (secondary N) is 1. The molecule has 2 amide bonds. The Morgan fingerprint density at radius 2 is 2.05 bits per heavy atom. The average molecular weight is 307 g/mol. The summed E-state index contributed by atoms with van der Waals surface area (Å²) in [6, 6.07) is -0.508. The Balaban J connectivity index is 2.97. The first-order valence-electron chi connectivity index (χ1n) is 7.97. The minimum absolute atomic E-state index is 0.0426. The zero-order valence-electron chi connectivity index (χ0n) is 14.0. The molecular formula is C17H29N3O2. The van der Waals surface area contributed by atoms with E-state index in [-0.39, 0.29) is 30.0 Å². The molecule has 0 radical (unpaired) electrons. The van der Waals surface area contributed by atoms with Crippen LogP contribution in [0.15, 0.2) is 24.3 Å². The summed E-state index contributed by atoms with van der Waals surface area (Å²) in [5.41, 5.74) is 7.59. The lowest BCUT2D eigenvalue weighted by molar-refractivity contribution is -0.129. The third-order valence-corrected chi connectivity index (χ3v) is 4.65. The van der Waals surface area contributed by atoms with Gasteiger partial charge in [-0.2, -0.15) is 0 Å². The van der Waals surface area contributed by atoms with Gasteiger partial charge in [0.05, 0.1) is 12.1 Å². The Labute approximate surface area is 133 Å². The van der Waals surface area contributed by atoms with Gasteiger partial charge >= 0.3 is 0 Å². The highest BCUT2D eigenvalue weighted by molar-refractivity contribution is 5.79. The molecule has 0 aromatic heterocycles. The number of nitrogens with zero attached hydrogens (tertiary/aromatic N) is 1. The maximum absolute atomic E-state index is 12.0. The molecule has 22 heavy (non-hydrogen) atoms. The Bertz CT molecular complexity index is 445. The lowest BCUT2D eigenvalue weighted by Gasteiger charge is -2.35. The molecule has 1 fully saturated rings. The SMILES string of the molecule is C=C(C(NC=O)C(=C)C(CC)N1CCCC1=O)C(C)C(C)N. The third-order valence-electron chi connectivity index (χ3n) is 4.65. The second-order valence-corrected chi connectivity index (χ2v) is 6.13. The summed E-state index contributed by atoms with van der Waals surface area (Å²) in [4.78, 5) is 24.9. The molecule has 3 N–H and O–H groups in total. The number of nitrogens with two attached hydrogens (primary N) is 1. The molecule has 0 aliphatic carbocycles. The molecule has 0 bridgehead atoms. The molecule has 0 saturated carbocycles. The summed E-state index contributed by atoms with van der Waals surface area (Å²) in [7, 11) is 0. The first kappa shape index (κ1) is 18.4. The van der Waals surface area contributed by atoms with Crippen molar-refractivity contribution in [2.45, 2.75) is 58.2 Å². The fourth-order valence-electron chi connectivity index (χ4n) is 2.99. The van der Waals surface area contributed by atoms with Gasteiger partial charge in [-0.05, 0) is 36.8 Å². The van der Waals surface area contributed by atoms with E-state index in [0.29, 0.717) is 12.8 Å². The minimum Gasteiger partial charge on any atom is -0.348 e. The van der Waals surface area contributed by atoms with Crippen LogP contribution < -0.4 is 11.1 Å².